The zero-order chi connectivity index (χ0) is 22.9. The standard InChI is InChI=1S/C26H27N5O2/c1-16-14-20-18(24(27)32)10-6-12-21(20)31(16)26-29-23-19(11-7-13-22(23)33-2)25(30-26)28-15-17-8-4-3-5-9-17/h3-6,8-10,12,14,22H,7,11,13,15H2,1-2H3,(H2,27,32)(H,28,29,30)/t22-/m0/s1. The minimum absolute atomic E-state index is 0.0731. The van der Waals surface area contributed by atoms with Gasteiger partial charge in [0.2, 0.25) is 11.9 Å². The van der Waals surface area contributed by atoms with E-state index in [1.54, 1.807) is 13.2 Å². The molecule has 33 heavy (non-hydrogen) atoms. The number of nitrogens with one attached hydrogen (secondary N) is 1. The number of nitrogens with two attached hydrogens (primary N) is 1. The summed E-state index contributed by atoms with van der Waals surface area (Å²) >= 11 is 0. The van der Waals surface area contributed by atoms with Gasteiger partial charge in [0.25, 0.3) is 0 Å². The molecule has 2 aromatic heterocycles. The largest absolute Gasteiger partial charge is 0.375 e. The molecule has 168 valence electrons. The van der Waals surface area contributed by atoms with Crippen LogP contribution in [0.15, 0.2) is 54.6 Å². The van der Waals surface area contributed by atoms with Gasteiger partial charge in [0.1, 0.15) is 5.82 Å². The lowest BCUT2D eigenvalue weighted by atomic mass is 9.93. The number of ether oxygens (including phenoxy) is 1. The van der Waals surface area contributed by atoms with E-state index < -0.39 is 5.91 Å². The lowest BCUT2D eigenvalue weighted by Crippen LogP contribution is -2.20. The Bertz CT molecular complexity index is 1330. The summed E-state index contributed by atoms with van der Waals surface area (Å²) in [5.74, 6) is 0.934. The van der Waals surface area contributed by atoms with Gasteiger partial charge in [0, 0.05) is 35.9 Å². The van der Waals surface area contributed by atoms with Gasteiger partial charge >= 0.3 is 0 Å². The summed E-state index contributed by atoms with van der Waals surface area (Å²) in [6, 6.07) is 17.8. The first-order chi connectivity index (χ1) is 16.1. The van der Waals surface area contributed by atoms with Crippen molar-refractivity contribution in [3.8, 4) is 5.95 Å². The van der Waals surface area contributed by atoms with Crippen LogP contribution in [0.4, 0.5) is 5.82 Å². The quantitative estimate of drug-likeness (QED) is 0.461. The predicted octanol–water partition coefficient (Wildman–Crippen LogP) is 4.46. The molecule has 1 aliphatic rings. The SMILES string of the molecule is CO[C@H]1CCCc2c(NCc3ccccc3)nc(-n3c(C)cc4c(C(N)=O)cccc43)nc21. The fourth-order valence-corrected chi connectivity index (χ4v) is 4.70. The maximum Gasteiger partial charge on any atom is 0.249 e. The number of amides is 1. The Morgan fingerprint density at radius 3 is 2.76 bits per heavy atom. The highest BCUT2D eigenvalue weighted by molar-refractivity contribution is 6.06. The number of primary amides is 1. The van der Waals surface area contributed by atoms with Crippen LogP contribution in [0, 0.1) is 6.92 Å². The molecule has 0 unspecified atom stereocenters. The summed E-state index contributed by atoms with van der Waals surface area (Å²) in [5.41, 5.74) is 11.1. The molecule has 0 aliphatic heterocycles. The molecule has 0 saturated heterocycles. The van der Waals surface area contributed by atoms with Gasteiger partial charge in [0.15, 0.2) is 0 Å². The fraction of sp³-hybridized carbons (Fsp3) is 0.269. The summed E-state index contributed by atoms with van der Waals surface area (Å²) < 4.78 is 7.77. The van der Waals surface area contributed by atoms with Gasteiger partial charge in [0.05, 0.1) is 17.3 Å². The second-order valence-corrected chi connectivity index (χ2v) is 8.42. The van der Waals surface area contributed by atoms with Crippen LogP contribution in [0.2, 0.25) is 0 Å². The number of hydrogen-bond donors (Lipinski definition) is 2. The van der Waals surface area contributed by atoms with Crippen molar-refractivity contribution in [2.45, 2.75) is 38.8 Å². The summed E-state index contributed by atoms with van der Waals surface area (Å²) in [5, 5.41) is 4.34. The molecular formula is C26H27N5O2. The maximum atomic E-state index is 12.0. The third-order valence-electron chi connectivity index (χ3n) is 6.31. The van der Waals surface area contributed by atoms with Crippen LogP contribution in [-0.2, 0) is 17.7 Å². The fourth-order valence-electron chi connectivity index (χ4n) is 4.70. The Labute approximate surface area is 192 Å². The molecular weight excluding hydrogens is 414 g/mol. The monoisotopic (exact) mass is 441 g/mol. The van der Waals surface area contributed by atoms with Crippen molar-refractivity contribution in [3.63, 3.8) is 0 Å². The van der Waals surface area contributed by atoms with Crippen LogP contribution in [-0.4, -0.2) is 27.6 Å². The normalized spacial score (nSPS) is 15.4. The summed E-state index contributed by atoms with van der Waals surface area (Å²) in [7, 11) is 1.73. The van der Waals surface area contributed by atoms with Crippen molar-refractivity contribution in [2.75, 3.05) is 12.4 Å². The molecule has 0 radical (unpaired) electrons. The molecule has 2 heterocycles. The first-order valence-electron chi connectivity index (χ1n) is 11.2. The van der Waals surface area contributed by atoms with E-state index in [2.05, 4.69) is 17.4 Å². The molecule has 0 spiro atoms. The smallest absolute Gasteiger partial charge is 0.249 e. The lowest BCUT2D eigenvalue weighted by molar-refractivity contribution is 0.0842. The number of fused-ring (bicyclic) bond motifs is 2. The van der Waals surface area contributed by atoms with Crippen LogP contribution < -0.4 is 11.1 Å². The van der Waals surface area contributed by atoms with Gasteiger partial charge in [-0.2, -0.15) is 4.98 Å². The molecule has 1 amide bonds. The molecule has 2 aromatic carbocycles. The number of carbonyl (C=O) groups is 1. The Balaban J connectivity index is 1.66. The van der Waals surface area contributed by atoms with Crippen molar-refractivity contribution >= 4 is 22.6 Å². The van der Waals surface area contributed by atoms with E-state index in [1.165, 1.54) is 5.56 Å². The van der Waals surface area contributed by atoms with E-state index in [1.807, 2.05) is 47.9 Å². The van der Waals surface area contributed by atoms with Crippen molar-refractivity contribution in [3.05, 3.63) is 82.7 Å². The number of aromatic nitrogens is 3. The van der Waals surface area contributed by atoms with Gasteiger partial charge in [-0.1, -0.05) is 36.4 Å². The van der Waals surface area contributed by atoms with Crippen LogP contribution in [0.1, 0.15) is 51.8 Å². The molecule has 0 bridgehead atoms. The third kappa shape index (κ3) is 3.85. The Morgan fingerprint density at radius 2 is 2.00 bits per heavy atom. The highest BCUT2D eigenvalue weighted by atomic mass is 16.5. The average Bonchev–Trinajstić information content (AvgIpc) is 3.18. The molecule has 3 N–H and O–H groups in total. The molecule has 4 aromatic rings. The van der Waals surface area contributed by atoms with Crippen molar-refractivity contribution < 1.29 is 9.53 Å². The first kappa shape index (κ1) is 21.2. The highest BCUT2D eigenvalue weighted by Crippen LogP contribution is 2.36. The van der Waals surface area contributed by atoms with Gasteiger partial charge in [-0.25, -0.2) is 4.98 Å². The number of nitrogens with zero attached hydrogens (tertiary/aromatic N) is 3. The number of carbonyl (C=O) groups excluding carboxylic acids is 1. The van der Waals surface area contributed by atoms with Crippen LogP contribution in [0.25, 0.3) is 16.9 Å². The maximum absolute atomic E-state index is 12.0. The zero-order valence-electron chi connectivity index (χ0n) is 18.8. The van der Waals surface area contributed by atoms with Crippen LogP contribution >= 0.6 is 0 Å². The van der Waals surface area contributed by atoms with Gasteiger partial charge in [-0.15, -0.1) is 0 Å². The second-order valence-electron chi connectivity index (χ2n) is 8.42. The summed E-state index contributed by atoms with van der Waals surface area (Å²) in [6.45, 7) is 2.65. The molecule has 0 fully saturated rings. The number of benzene rings is 2. The van der Waals surface area contributed by atoms with E-state index >= 15 is 0 Å². The van der Waals surface area contributed by atoms with Gasteiger partial charge < -0.3 is 15.8 Å². The Kier molecular flexibility index (Phi) is 5.56. The minimum Gasteiger partial charge on any atom is -0.375 e. The summed E-state index contributed by atoms with van der Waals surface area (Å²) in [4.78, 5) is 21.9. The van der Waals surface area contributed by atoms with Gasteiger partial charge in [-0.3, -0.25) is 9.36 Å². The van der Waals surface area contributed by atoms with Crippen LogP contribution in [0.5, 0.6) is 0 Å². The van der Waals surface area contributed by atoms with Crippen LogP contribution in [0.3, 0.4) is 0 Å². The second kappa shape index (κ2) is 8.67. The predicted molar refractivity (Wildman–Crippen MR) is 129 cm³/mol. The van der Waals surface area contributed by atoms with E-state index in [0.717, 1.165) is 52.9 Å². The Morgan fingerprint density at radius 1 is 1.18 bits per heavy atom. The molecule has 1 atom stereocenters. The number of methoxy groups -OCH3 is 1. The van der Waals surface area contributed by atoms with E-state index in [9.17, 15) is 4.79 Å². The van der Waals surface area contributed by atoms with Crippen molar-refractivity contribution in [1.82, 2.24) is 14.5 Å². The molecule has 0 saturated carbocycles. The minimum atomic E-state index is -0.450. The lowest BCUT2D eigenvalue weighted by Gasteiger charge is -2.26. The summed E-state index contributed by atoms with van der Waals surface area (Å²) in [6.07, 6.45) is 2.79. The number of hydrogen-bond acceptors (Lipinski definition) is 5. The first-order valence-corrected chi connectivity index (χ1v) is 11.2. The van der Waals surface area contributed by atoms with Crippen molar-refractivity contribution in [1.29, 1.82) is 0 Å². The highest BCUT2D eigenvalue weighted by Gasteiger charge is 2.27. The molecule has 1 aliphatic carbocycles. The average molecular weight is 442 g/mol. The van der Waals surface area contributed by atoms with Crippen molar-refractivity contribution in [2.24, 2.45) is 5.73 Å². The number of anilines is 1. The van der Waals surface area contributed by atoms with E-state index in [4.69, 9.17) is 20.4 Å². The number of aryl methyl sites for hydroxylation is 1. The zero-order valence-corrected chi connectivity index (χ0v) is 18.8. The molecule has 7 heteroatoms. The molecule has 5 rings (SSSR count). The third-order valence-corrected chi connectivity index (χ3v) is 6.31. The topological polar surface area (TPSA) is 95.1 Å². The van der Waals surface area contributed by atoms with E-state index in [-0.39, 0.29) is 6.10 Å². The van der Waals surface area contributed by atoms with Gasteiger partial charge in [-0.05, 0) is 49.9 Å². The van der Waals surface area contributed by atoms with E-state index in [0.29, 0.717) is 18.1 Å². The number of rotatable bonds is 6. The molecule has 7 nitrogen and oxygen atoms in total. The Hall–Kier alpha value is -3.71.